The molecule has 0 bridgehead atoms. The second-order valence-electron chi connectivity index (χ2n) is 5.59. The van der Waals surface area contributed by atoms with Gasteiger partial charge >= 0.3 is 18.2 Å². The van der Waals surface area contributed by atoms with Crippen molar-refractivity contribution >= 4 is 29.3 Å². The standard InChI is InChI=1S/C19H17F3N2O5/c1-2-28-18(27)24-16(25)11-29-17(26)14-8-3-4-9-15(14)23-13-7-5-6-12(10-13)19(20,21)22/h3-10,23H,2,11H2,1H3,(H,24,25,27). The van der Waals surface area contributed by atoms with E-state index in [1.54, 1.807) is 13.0 Å². The zero-order chi connectivity index (χ0) is 21.4. The minimum Gasteiger partial charge on any atom is -0.452 e. The third-order valence-electron chi connectivity index (χ3n) is 3.47. The molecule has 0 unspecified atom stereocenters. The van der Waals surface area contributed by atoms with E-state index in [9.17, 15) is 27.6 Å². The summed E-state index contributed by atoms with van der Waals surface area (Å²) < 4.78 is 47.9. The molecule has 0 aromatic heterocycles. The van der Waals surface area contributed by atoms with E-state index in [1.165, 1.54) is 30.3 Å². The van der Waals surface area contributed by atoms with Crippen molar-refractivity contribution in [3.8, 4) is 0 Å². The number of ether oxygens (including phenoxy) is 2. The van der Waals surface area contributed by atoms with Gasteiger partial charge in [0.2, 0.25) is 0 Å². The van der Waals surface area contributed by atoms with E-state index in [0.29, 0.717) is 0 Å². The quantitative estimate of drug-likeness (QED) is 0.702. The first-order valence-electron chi connectivity index (χ1n) is 8.37. The molecule has 2 aromatic rings. The smallest absolute Gasteiger partial charge is 0.416 e. The molecule has 0 radical (unpaired) electrons. The Balaban J connectivity index is 2.08. The first-order chi connectivity index (χ1) is 13.7. The fraction of sp³-hybridized carbons (Fsp3) is 0.211. The molecule has 154 valence electrons. The first kappa shape index (κ1) is 21.7. The monoisotopic (exact) mass is 410 g/mol. The third-order valence-corrected chi connectivity index (χ3v) is 3.47. The molecule has 0 saturated heterocycles. The van der Waals surface area contributed by atoms with Crippen LogP contribution in [0.15, 0.2) is 48.5 Å². The largest absolute Gasteiger partial charge is 0.452 e. The molecule has 2 N–H and O–H groups in total. The highest BCUT2D eigenvalue weighted by atomic mass is 19.4. The van der Waals surface area contributed by atoms with Crippen molar-refractivity contribution in [2.45, 2.75) is 13.1 Å². The van der Waals surface area contributed by atoms with E-state index in [1.807, 2.05) is 5.32 Å². The van der Waals surface area contributed by atoms with Crippen LogP contribution < -0.4 is 10.6 Å². The normalized spacial score (nSPS) is 10.8. The Kier molecular flexibility index (Phi) is 7.18. The molecular formula is C19H17F3N2O5. The molecule has 10 heteroatoms. The highest BCUT2D eigenvalue weighted by Gasteiger charge is 2.30. The predicted octanol–water partition coefficient (Wildman–Crippen LogP) is 3.88. The Hall–Kier alpha value is -3.56. The molecule has 0 heterocycles. The average molecular weight is 410 g/mol. The number of esters is 1. The van der Waals surface area contributed by atoms with E-state index >= 15 is 0 Å². The summed E-state index contributed by atoms with van der Waals surface area (Å²) in [7, 11) is 0. The van der Waals surface area contributed by atoms with Crippen molar-refractivity contribution in [3.05, 3.63) is 59.7 Å². The molecule has 0 aliphatic rings. The number of benzene rings is 2. The molecule has 0 aliphatic heterocycles. The van der Waals surface area contributed by atoms with Gasteiger partial charge in [0.05, 0.1) is 23.4 Å². The van der Waals surface area contributed by atoms with Gasteiger partial charge in [-0.1, -0.05) is 18.2 Å². The second kappa shape index (κ2) is 9.58. The zero-order valence-electron chi connectivity index (χ0n) is 15.2. The SMILES string of the molecule is CCOC(=O)NC(=O)COC(=O)c1ccccc1Nc1cccc(C(F)(F)F)c1. The maximum atomic E-state index is 12.9. The van der Waals surface area contributed by atoms with E-state index in [0.717, 1.165) is 12.1 Å². The number of alkyl halides is 3. The lowest BCUT2D eigenvalue weighted by Gasteiger charge is -2.13. The number of amides is 2. The van der Waals surface area contributed by atoms with Gasteiger partial charge in [-0.3, -0.25) is 10.1 Å². The molecule has 0 aliphatic carbocycles. The first-order valence-corrected chi connectivity index (χ1v) is 8.37. The highest BCUT2D eigenvalue weighted by molar-refractivity contribution is 5.98. The van der Waals surface area contributed by atoms with Crippen molar-refractivity contribution in [3.63, 3.8) is 0 Å². The van der Waals surface area contributed by atoms with E-state index < -0.39 is 36.3 Å². The summed E-state index contributed by atoms with van der Waals surface area (Å²) in [4.78, 5) is 35.0. The van der Waals surface area contributed by atoms with Gasteiger partial charge in [0, 0.05) is 5.69 Å². The van der Waals surface area contributed by atoms with Crippen molar-refractivity contribution < 1.29 is 37.0 Å². The molecule has 2 amide bonds. The minimum absolute atomic E-state index is 0.00570. The number of anilines is 2. The van der Waals surface area contributed by atoms with Crippen molar-refractivity contribution in [2.24, 2.45) is 0 Å². The molecule has 7 nitrogen and oxygen atoms in total. The summed E-state index contributed by atoms with van der Waals surface area (Å²) >= 11 is 0. The average Bonchev–Trinajstić information content (AvgIpc) is 2.66. The highest BCUT2D eigenvalue weighted by Crippen LogP contribution is 2.31. The maximum Gasteiger partial charge on any atom is 0.416 e. The number of halogens is 3. The van der Waals surface area contributed by atoms with Gasteiger partial charge in [0.15, 0.2) is 6.61 Å². The Bertz CT molecular complexity index is 899. The molecular weight excluding hydrogens is 393 g/mol. The topological polar surface area (TPSA) is 93.7 Å². The molecule has 2 rings (SSSR count). The summed E-state index contributed by atoms with van der Waals surface area (Å²) in [5.74, 6) is -1.79. The number of carbonyl (C=O) groups is 3. The number of hydrogen-bond donors (Lipinski definition) is 2. The summed E-state index contributed by atoms with van der Waals surface area (Å²) in [5.41, 5.74) is -0.560. The molecule has 0 atom stereocenters. The maximum absolute atomic E-state index is 12.9. The van der Waals surface area contributed by atoms with Gasteiger partial charge < -0.3 is 14.8 Å². The van der Waals surface area contributed by atoms with Crippen LogP contribution in [-0.2, 0) is 20.4 Å². The van der Waals surface area contributed by atoms with Gasteiger partial charge in [0.1, 0.15) is 0 Å². The number of rotatable bonds is 6. The fourth-order valence-corrected chi connectivity index (χ4v) is 2.22. The van der Waals surface area contributed by atoms with Crippen LogP contribution in [0.4, 0.5) is 29.3 Å². The van der Waals surface area contributed by atoms with Crippen LogP contribution in [0.5, 0.6) is 0 Å². The number of para-hydroxylation sites is 1. The summed E-state index contributed by atoms with van der Waals surface area (Å²) in [5, 5.41) is 4.59. The Morgan fingerprint density at radius 2 is 1.72 bits per heavy atom. The van der Waals surface area contributed by atoms with Crippen molar-refractivity contribution in [1.29, 1.82) is 0 Å². The van der Waals surface area contributed by atoms with Crippen LogP contribution in [0.1, 0.15) is 22.8 Å². The van der Waals surface area contributed by atoms with Crippen molar-refractivity contribution in [2.75, 3.05) is 18.5 Å². The van der Waals surface area contributed by atoms with Crippen LogP contribution in [0.25, 0.3) is 0 Å². The molecule has 2 aromatic carbocycles. The minimum atomic E-state index is -4.51. The van der Waals surface area contributed by atoms with Gasteiger partial charge in [-0.25, -0.2) is 9.59 Å². The Morgan fingerprint density at radius 1 is 1.00 bits per heavy atom. The molecule has 0 spiro atoms. The third kappa shape index (κ3) is 6.52. The van der Waals surface area contributed by atoms with Crippen LogP contribution in [-0.4, -0.2) is 31.2 Å². The van der Waals surface area contributed by atoms with Crippen LogP contribution in [0, 0.1) is 0 Å². The van der Waals surface area contributed by atoms with Gasteiger partial charge in [-0.2, -0.15) is 13.2 Å². The second-order valence-corrected chi connectivity index (χ2v) is 5.59. The zero-order valence-corrected chi connectivity index (χ0v) is 15.2. The van der Waals surface area contributed by atoms with Gasteiger partial charge in [-0.15, -0.1) is 0 Å². The van der Waals surface area contributed by atoms with Gasteiger partial charge in [0.25, 0.3) is 5.91 Å². The lowest BCUT2D eigenvalue weighted by Crippen LogP contribution is -2.34. The molecule has 0 fully saturated rings. The van der Waals surface area contributed by atoms with E-state index in [4.69, 9.17) is 4.74 Å². The van der Waals surface area contributed by atoms with Gasteiger partial charge in [-0.05, 0) is 37.3 Å². The number of nitrogens with one attached hydrogen (secondary N) is 2. The Labute approximate surface area is 163 Å². The van der Waals surface area contributed by atoms with Crippen LogP contribution >= 0.6 is 0 Å². The van der Waals surface area contributed by atoms with Crippen LogP contribution in [0.2, 0.25) is 0 Å². The van der Waals surface area contributed by atoms with E-state index in [-0.39, 0.29) is 23.5 Å². The number of alkyl carbamates (subject to hydrolysis) is 1. The molecule has 0 saturated carbocycles. The van der Waals surface area contributed by atoms with E-state index in [2.05, 4.69) is 10.1 Å². The summed E-state index contributed by atoms with van der Waals surface area (Å²) in [6.45, 7) is 0.876. The van der Waals surface area contributed by atoms with Crippen LogP contribution in [0.3, 0.4) is 0 Å². The predicted molar refractivity (Wildman–Crippen MR) is 96.6 cm³/mol. The Morgan fingerprint density at radius 3 is 2.41 bits per heavy atom. The van der Waals surface area contributed by atoms with Crippen molar-refractivity contribution in [1.82, 2.24) is 5.32 Å². The lowest BCUT2D eigenvalue weighted by atomic mass is 10.1. The fourth-order valence-electron chi connectivity index (χ4n) is 2.22. The molecule has 29 heavy (non-hydrogen) atoms. The number of imide groups is 1. The number of carbonyl (C=O) groups excluding carboxylic acids is 3. The summed E-state index contributed by atoms with van der Waals surface area (Å²) in [6, 6.07) is 10.4. The number of hydrogen-bond acceptors (Lipinski definition) is 6. The summed E-state index contributed by atoms with van der Waals surface area (Å²) in [6.07, 6.45) is -5.48. The lowest BCUT2D eigenvalue weighted by molar-refractivity contribution is -0.137.